The summed E-state index contributed by atoms with van der Waals surface area (Å²) < 4.78 is 27.3. The van der Waals surface area contributed by atoms with Crippen LogP contribution in [0.2, 0.25) is 0 Å². The fourth-order valence-corrected chi connectivity index (χ4v) is 3.99. The number of rotatable bonds is 5. The van der Waals surface area contributed by atoms with E-state index in [1.165, 1.54) is 6.33 Å². The van der Waals surface area contributed by atoms with Crippen molar-refractivity contribution in [1.82, 2.24) is 29.9 Å². The molecule has 0 spiro atoms. The fourth-order valence-electron chi connectivity index (χ4n) is 3.36. The predicted molar refractivity (Wildman–Crippen MR) is 105 cm³/mol. The number of alkyl halides is 2. The molecule has 1 aliphatic rings. The Morgan fingerprint density at radius 2 is 1.93 bits per heavy atom. The van der Waals surface area contributed by atoms with Crippen LogP contribution in [0.3, 0.4) is 0 Å². The van der Waals surface area contributed by atoms with Crippen molar-refractivity contribution in [3.63, 3.8) is 0 Å². The molecule has 29 heavy (non-hydrogen) atoms. The number of thioether (sulfide) groups is 1. The molecule has 0 radical (unpaired) electrons. The van der Waals surface area contributed by atoms with E-state index in [0.29, 0.717) is 71.9 Å². The molecule has 1 fully saturated rings. The third-order valence-corrected chi connectivity index (χ3v) is 5.57. The van der Waals surface area contributed by atoms with Crippen LogP contribution >= 0.6 is 11.8 Å². The van der Waals surface area contributed by atoms with Gasteiger partial charge in [0.2, 0.25) is 0 Å². The van der Waals surface area contributed by atoms with Crippen LogP contribution in [0.15, 0.2) is 35.5 Å². The van der Waals surface area contributed by atoms with Crippen LogP contribution in [0.4, 0.5) is 14.6 Å². The lowest BCUT2D eigenvalue weighted by molar-refractivity contribution is 0.0743. The van der Waals surface area contributed by atoms with E-state index >= 15 is 0 Å². The number of benzene rings is 1. The molecule has 1 saturated heterocycles. The minimum Gasteiger partial charge on any atom is -0.351 e. The van der Waals surface area contributed by atoms with E-state index in [4.69, 9.17) is 0 Å². The van der Waals surface area contributed by atoms with E-state index < -0.39 is 5.76 Å². The maximum Gasteiger partial charge on any atom is 0.288 e. The van der Waals surface area contributed by atoms with Gasteiger partial charge in [-0.1, -0.05) is 29.1 Å². The second-order valence-electron chi connectivity index (χ2n) is 6.43. The van der Waals surface area contributed by atoms with E-state index in [-0.39, 0.29) is 5.91 Å². The third kappa shape index (κ3) is 3.86. The average Bonchev–Trinajstić information content (AvgIpc) is 3.17. The van der Waals surface area contributed by atoms with Crippen LogP contribution in [0.25, 0.3) is 11.2 Å². The molecule has 1 amide bonds. The first-order valence-electron chi connectivity index (χ1n) is 9.20. The van der Waals surface area contributed by atoms with Gasteiger partial charge in [-0.15, -0.1) is 5.10 Å². The van der Waals surface area contributed by atoms with Crippen LogP contribution in [-0.2, 0) is 6.54 Å². The van der Waals surface area contributed by atoms with Gasteiger partial charge >= 0.3 is 0 Å². The number of carbonyl (C=O) groups excluding carboxylic acids is 1. The molecule has 0 N–H and O–H groups in total. The van der Waals surface area contributed by atoms with Crippen molar-refractivity contribution in [2.45, 2.75) is 24.1 Å². The molecule has 8 nitrogen and oxygen atoms in total. The summed E-state index contributed by atoms with van der Waals surface area (Å²) in [5.41, 5.74) is 1.61. The average molecular weight is 419 g/mol. The zero-order chi connectivity index (χ0) is 20.4. The largest absolute Gasteiger partial charge is 0.351 e. The highest BCUT2D eigenvalue weighted by atomic mass is 32.2. The summed E-state index contributed by atoms with van der Waals surface area (Å²) in [6, 6.07) is 6.49. The summed E-state index contributed by atoms with van der Waals surface area (Å²) in [7, 11) is 0. The van der Waals surface area contributed by atoms with E-state index in [1.54, 1.807) is 33.8 Å². The van der Waals surface area contributed by atoms with Gasteiger partial charge in [0.1, 0.15) is 6.33 Å². The summed E-state index contributed by atoms with van der Waals surface area (Å²) in [4.78, 5) is 25.5. The summed E-state index contributed by atoms with van der Waals surface area (Å²) >= 11 is 0.395. The summed E-state index contributed by atoms with van der Waals surface area (Å²) in [6.07, 6.45) is 1.49. The number of carbonyl (C=O) groups is 1. The molecular formula is C18H19F2N7OS. The monoisotopic (exact) mass is 419 g/mol. The van der Waals surface area contributed by atoms with Crippen LogP contribution < -0.4 is 4.90 Å². The summed E-state index contributed by atoms with van der Waals surface area (Å²) in [5, 5.41) is 8.29. The Kier molecular flexibility index (Phi) is 5.56. The first-order valence-corrected chi connectivity index (χ1v) is 10.1. The molecule has 2 aromatic heterocycles. The van der Waals surface area contributed by atoms with Crippen LogP contribution in [0, 0.1) is 0 Å². The lowest BCUT2D eigenvalue weighted by Crippen LogP contribution is -2.49. The van der Waals surface area contributed by atoms with Gasteiger partial charge in [-0.05, 0) is 19.1 Å². The van der Waals surface area contributed by atoms with Crippen molar-refractivity contribution in [3.05, 3.63) is 36.2 Å². The molecule has 0 atom stereocenters. The highest BCUT2D eigenvalue weighted by Gasteiger charge is 2.26. The van der Waals surface area contributed by atoms with Crippen molar-refractivity contribution in [1.29, 1.82) is 0 Å². The quantitative estimate of drug-likeness (QED) is 0.588. The van der Waals surface area contributed by atoms with Gasteiger partial charge in [0.05, 0.1) is 5.56 Å². The number of aryl methyl sites for hydroxylation is 1. The van der Waals surface area contributed by atoms with Crippen molar-refractivity contribution >= 4 is 34.7 Å². The Bertz CT molecular complexity index is 1020. The van der Waals surface area contributed by atoms with Gasteiger partial charge in [-0.2, -0.15) is 8.78 Å². The lowest BCUT2D eigenvalue weighted by atomic mass is 10.2. The number of amides is 1. The molecule has 1 aliphatic heterocycles. The standard InChI is InChI=1S/C18H19F2N7OS/c1-2-27-16-14(23-24-27)15(21-11-22-16)25-7-9-26(10-8-25)17(28)12-5-3-4-6-13(12)29-18(19)20/h3-6,11,18H,2,7-10H2,1H3. The number of hydrogen-bond acceptors (Lipinski definition) is 7. The molecule has 152 valence electrons. The molecule has 0 aliphatic carbocycles. The molecule has 0 unspecified atom stereocenters. The predicted octanol–water partition coefficient (Wildman–Crippen LogP) is 2.52. The molecule has 4 rings (SSSR count). The highest BCUT2D eigenvalue weighted by molar-refractivity contribution is 7.99. The van der Waals surface area contributed by atoms with Gasteiger partial charge in [-0.3, -0.25) is 4.79 Å². The topological polar surface area (TPSA) is 80.0 Å². The molecule has 3 heterocycles. The summed E-state index contributed by atoms with van der Waals surface area (Å²) in [6.45, 7) is 4.65. The zero-order valence-corrected chi connectivity index (χ0v) is 16.5. The number of aromatic nitrogens is 5. The molecule has 11 heteroatoms. The zero-order valence-electron chi connectivity index (χ0n) is 15.7. The van der Waals surface area contributed by atoms with Crippen molar-refractivity contribution < 1.29 is 13.6 Å². The molecule has 0 bridgehead atoms. The van der Waals surface area contributed by atoms with Gasteiger partial charge in [0.25, 0.3) is 11.7 Å². The van der Waals surface area contributed by atoms with Crippen LogP contribution in [-0.4, -0.2) is 67.7 Å². The van der Waals surface area contributed by atoms with Crippen molar-refractivity contribution in [2.75, 3.05) is 31.1 Å². The van der Waals surface area contributed by atoms with E-state index in [0.717, 1.165) is 0 Å². The highest BCUT2D eigenvalue weighted by Crippen LogP contribution is 2.29. The second kappa shape index (κ2) is 8.27. The summed E-state index contributed by atoms with van der Waals surface area (Å²) in [5.74, 6) is -2.12. The Labute approximate surface area is 169 Å². The van der Waals surface area contributed by atoms with Gasteiger partial charge in [-0.25, -0.2) is 14.6 Å². The van der Waals surface area contributed by atoms with Crippen LogP contribution in [0.5, 0.6) is 0 Å². The minimum absolute atomic E-state index is 0.238. The molecule has 0 saturated carbocycles. The molecule has 3 aromatic rings. The Balaban J connectivity index is 1.49. The van der Waals surface area contributed by atoms with E-state index in [1.807, 2.05) is 11.8 Å². The maximum atomic E-state index is 12.9. The third-order valence-electron chi connectivity index (χ3n) is 4.78. The molecular weight excluding hydrogens is 400 g/mol. The SMILES string of the molecule is CCn1nnc2c(N3CCN(C(=O)c4ccccc4SC(F)F)CC3)ncnc21. The lowest BCUT2D eigenvalue weighted by Gasteiger charge is -2.35. The first-order chi connectivity index (χ1) is 14.1. The first kappa shape index (κ1) is 19.5. The van der Waals surface area contributed by atoms with Crippen molar-refractivity contribution in [3.8, 4) is 0 Å². The number of piperazine rings is 1. The number of nitrogens with zero attached hydrogens (tertiary/aromatic N) is 7. The van der Waals surface area contributed by atoms with Gasteiger partial charge in [0.15, 0.2) is 17.0 Å². The maximum absolute atomic E-state index is 12.9. The Morgan fingerprint density at radius 1 is 1.17 bits per heavy atom. The Hall–Kier alpha value is -2.82. The van der Waals surface area contributed by atoms with Crippen molar-refractivity contribution in [2.24, 2.45) is 0 Å². The molecule has 1 aromatic carbocycles. The second-order valence-corrected chi connectivity index (χ2v) is 7.46. The van der Waals surface area contributed by atoms with Gasteiger partial charge in [0, 0.05) is 37.6 Å². The van der Waals surface area contributed by atoms with E-state index in [2.05, 4.69) is 20.3 Å². The number of halogens is 2. The number of anilines is 1. The number of hydrogen-bond donors (Lipinski definition) is 0. The smallest absolute Gasteiger partial charge is 0.288 e. The number of fused-ring (bicyclic) bond motifs is 1. The Morgan fingerprint density at radius 3 is 2.66 bits per heavy atom. The normalized spacial score (nSPS) is 14.8. The minimum atomic E-state index is -2.57. The van der Waals surface area contributed by atoms with Crippen LogP contribution in [0.1, 0.15) is 17.3 Å². The van der Waals surface area contributed by atoms with E-state index in [9.17, 15) is 13.6 Å². The fraction of sp³-hybridized carbons (Fsp3) is 0.389. The van der Waals surface area contributed by atoms with Gasteiger partial charge < -0.3 is 9.80 Å².